The molecule has 1 amide bonds. The van der Waals surface area contributed by atoms with Gasteiger partial charge >= 0.3 is 0 Å². The number of sulfonamides is 1. The van der Waals surface area contributed by atoms with Crippen LogP contribution in [0.5, 0.6) is 5.75 Å². The summed E-state index contributed by atoms with van der Waals surface area (Å²) in [5.41, 5.74) is 3.39. The first-order chi connectivity index (χ1) is 12.1. The Morgan fingerprint density at radius 2 is 1.73 bits per heavy atom. The van der Waals surface area contributed by atoms with Crippen LogP contribution in [0.4, 0.5) is 11.4 Å². The third-order valence-corrected chi connectivity index (χ3v) is 5.23. The molecule has 0 spiro atoms. The number of nitrogens with one attached hydrogen (secondary N) is 1. The van der Waals surface area contributed by atoms with E-state index >= 15 is 0 Å². The number of anilines is 2. The lowest BCUT2D eigenvalue weighted by atomic mass is 10.1. The molecule has 0 fully saturated rings. The van der Waals surface area contributed by atoms with Gasteiger partial charge in [-0.1, -0.05) is 17.7 Å². The molecule has 0 saturated carbocycles. The first kappa shape index (κ1) is 19.8. The zero-order chi connectivity index (χ0) is 19.5. The van der Waals surface area contributed by atoms with Gasteiger partial charge in [-0.2, -0.15) is 0 Å². The number of ether oxygens (including phenoxy) is 1. The summed E-state index contributed by atoms with van der Waals surface area (Å²) in [6.07, 6.45) is 0.436. The van der Waals surface area contributed by atoms with Crippen LogP contribution >= 0.6 is 0 Å². The van der Waals surface area contributed by atoms with Crippen LogP contribution in [0.3, 0.4) is 0 Å². The van der Waals surface area contributed by atoms with Crippen LogP contribution in [-0.2, 0) is 14.8 Å². The minimum atomic E-state index is -3.32. The second-order valence-electron chi connectivity index (χ2n) is 6.29. The normalized spacial score (nSPS) is 12.3. The van der Waals surface area contributed by atoms with Gasteiger partial charge in [-0.05, 0) is 56.7 Å². The zero-order valence-electron chi connectivity index (χ0n) is 15.6. The lowest BCUT2D eigenvalue weighted by Crippen LogP contribution is -2.30. The topological polar surface area (TPSA) is 75.7 Å². The molecule has 0 bridgehead atoms. The number of carbonyl (C=O) groups is 1. The van der Waals surface area contributed by atoms with Crippen molar-refractivity contribution in [1.82, 2.24) is 0 Å². The predicted octanol–water partition coefficient (Wildman–Crippen LogP) is 3.11. The van der Waals surface area contributed by atoms with E-state index in [1.54, 1.807) is 31.2 Å². The average Bonchev–Trinajstić information content (AvgIpc) is 2.56. The molecule has 6 nitrogen and oxygen atoms in total. The Hall–Kier alpha value is -2.54. The first-order valence-corrected chi connectivity index (χ1v) is 10.0. The smallest absolute Gasteiger partial charge is 0.265 e. The Bertz CT molecular complexity index is 892. The predicted molar refractivity (Wildman–Crippen MR) is 104 cm³/mol. The van der Waals surface area contributed by atoms with Gasteiger partial charge in [-0.25, -0.2) is 8.42 Å². The van der Waals surface area contributed by atoms with Gasteiger partial charge in [0.1, 0.15) is 5.75 Å². The molecule has 0 aromatic heterocycles. The van der Waals surface area contributed by atoms with Crippen LogP contribution in [0.15, 0.2) is 42.5 Å². The van der Waals surface area contributed by atoms with Gasteiger partial charge in [-0.15, -0.1) is 0 Å². The molecule has 0 heterocycles. The van der Waals surface area contributed by atoms with E-state index in [4.69, 9.17) is 4.74 Å². The van der Waals surface area contributed by atoms with Gasteiger partial charge < -0.3 is 10.1 Å². The summed E-state index contributed by atoms with van der Waals surface area (Å²) < 4.78 is 29.9. The molecule has 0 aliphatic heterocycles. The number of hydrogen-bond donors (Lipinski definition) is 1. The molecule has 7 heteroatoms. The minimum absolute atomic E-state index is 0.255. The Morgan fingerprint density at radius 3 is 2.27 bits per heavy atom. The molecule has 2 rings (SSSR count). The number of benzene rings is 2. The molecular formula is C19H24N2O4S. The van der Waals surface area contributed by atoms with Gasteiger partial charge in [0.05, 0.1) is 11.9 Å². The second-order valence-corrected chi connectivity index (χ2v) is 8.31. The van der Waals surface area contributed by atoms with E-state index in [-0.39, 0.29) is 5.91 Å². The number of carbonyl (C=O) groups excluding carboxylic acids is 1. The fourth-order valence-corrected chi connectivity index (χ4v) is 2.88. The van der Waals surface area contributed by atoms with E-state index in [9.17, 15) is 13.2 Å². The molecule has 2 aromatic carbocycles. The van der Waals surface area contributed by atoms with Crippen LogP contribution < -0.4 is 14.4 Å². The van der Waals surface area contributed by atoms with Crippen molar-refractivity contribution in [3.05, 3.63) is 53.6 Å². The van der Waals surface area contributed by atoms with Gasteiger partial charge in [-0.3, -0.25) is 9.10 Å². The maximum absolute atomic E-state index is 12.3. The number of hydrogen-bond acceptors (Lipinski definition) is 4. The van der Waals surface area contributed by atoms with Crippen molar-refractivity contribution in [3.63, 3.8) is 0 Å². The largest absolute Gasteiger partial charge is 0.481 e. The average molecular weight is 376 g/mol. The Labute approximate surface area is 154 Å². The molecule has 0 aliphatic rings. The summed E-state index contributed by atoms with van der Waals surface area (Å²) in [5, 5.41) is 2.86. The highest BCUT2D eigenvalue weighted by Gasteiger charge is 2.17. The summed E-state index contributed by atoms with van der Waals surface area (Å²) in [6.45, 7) is 5.59. The molecule has 1 N–H and O–H groups in total. The summed E-state index contributed by atoms with van der Waals surface area (Å²) in [6, 6.07) is 12.3. The minimum Gasteiger partial charge on any atom is -0.481 e. The highest BCUT2D eigenvalue weighted by Crippen LogP contribution is 2.22. The zero-order valence-corrected chi connectivity index (χ0v) is 16.4. The van der Waals surface area contributed by atoms with E-state index in [0.29, 0.717) is 11.4 Å². The lowest BCUT2D eigenvalue weighted by Gasteiger charge is -2.18. The quantitative estimate of drug-likeness (QED) is 0.840. The van der Waals surface area contributed by atoms with E-state index in [1.165, 1.54) is 11.4 Å². The van der Waals surface area contributed by atoms with Crippen LogP contribution in [0.1, 0.15) is 18.1 Å². The van der Waals surface area contributed by atoms with E-state index in [0.717, 1.165) is 23.1 Å². The molecule has 26 heavy (non-hydrogen) atoms. The highest BCUT2D eigenvalue weighted by atomic mass is 32.2. The maximum atomic E-state index is 12.3. The van der Waals surface area contributed by atoms with Crippen LogP contribution in [0.25, 0.3) is 0 Å². The highest BCUT2D eigenvalue weighted by molar-refractivity contribution is 7.92. The molecule has 0 aliphatic carbocycles. The van der Waals surface area contributed by atoms with Crippen molar-refractivity contribution in [2.24, 2.45) is 0 Å². The molecule has 2 aromatic rings. The number of amides is 1. The monoisotopic (exact) mass is 376 g/mol. The number of nitrogens with zero attached hydrogens (tertiary/aromatic N) is 1. The van der Waals surface area contributed by atoms with Crippen molar-refractivity contribution < 1.29 is 17.9 Å². The van der Waals surface area contributed by atoms with Crippen molar-refractivity contribution >= 4 is 27.3 Å². The van der Waals surface area contributed by atoms with Gasteiger partial charge in [0.2, 0.25) is 10.0 Å². The SMILES string of the molecule is Cc1ccc(NC(=O)C(C)Oc2ccc(N(C)S(C)(=O)=O)cc2)c(C)c1. The standard InChI is InChI=1S/C19H24N2O4S/c1-13-6-11-18(14(2)12-13)20-19(22)15(3)25-17-9-7-16(8-10-17)21(4)26(5,23)24/h6-12,15H,1-5H3,(H,20,22). The van der Waals surface area contributed by atoms with Crippen LogP contribution in [-0.4, -0.2) is 33.7 Å². The van der Waals surface area contributed by atoms with E-state index < -0.39 is 16.1 Å². The van der Waals surface area contributed by atoms with Crippen molar-refractivity contribution in [3.8, 4) is 5.75 Å². The van der Waals surface area contributed by atoms with Crippen molar-refractivity contribution in [2.45, 2.75) is 26.9 Å². The third kappa shape index (κ3) is 4.98. The van der Waals surface area contributed by atoms with Crippen molar-refractivity contribution in [2.75, 3.05) is 22.9 Å². The second kappa shape index (κ2) is 7.78. The van der Waals surface area contributed by atoms with Gasteiger partial charge in [0.25, 0.3) is 5.91 Å². The van der Waals surface area contributed by atoms with Gasteiger partial charge in [0.15, 0.2) is 6.10 Å². The Kier molecular flexibility index (Phi) is 5.92. The molecule has 0 saturated heterocycles. The van der Waals surface area contributed by atoms with Crippen LogP contribution in [0.2, 0.25) is 0 Å². The Balaban J connectivity index is 2.02. The molecule has 0 radical (unpaired) electrons. The van der Waals surface area contributed by atoms with E-state index in [1.807, 2.05) is 32.0 Å². The van der Waals surface area contributed by atoms with Crippen molar-refractivity contribution in [1.29, 1.82) is 0 Å². The molecule has 1 unspecified atom stereocenters. The summed E-state index contributed by atoms with van der Waals surface area (Å²) >= 11 is 0. The molecular weight excluding hydrogens is 352 g/mol. The molecule has 140 valence electrons. The summed E-state index contributed by atoms with van der Waals surface area (Å²) in [7, 11) is -1.84. The number of rotatable bonds is 6. The fourth-order valence-electron chi connectivity index (χ4n) is 2.37. The van der Waals surface area contributed by atoms with Crippen LogP contribution in [0, 0.1) is 13.8 Å². The summed E-state index contributed by atoms with van der Waals surface area (Å²) in [5.74, 6) is 0.230. The maximum Gasteiger partial charge on any atom is 0.265 e. The first-order valence-electron chi connectivity index (χ1n) is 8.16. The summed E-state index contributed by atoms with van der Waals surface area (Å²) in [4.78, 5) is 12.3. The third-order valence-electron chi connectivity index (χ3n) is 4.02. The Morgan fingerprint density at radius 1 is 1.12 bits per heavy atom. The van der Waals surface area contributed by atoms with Gasteiger partial charge in [0, 0.05) is 12.7 Å². The fraction of sp³-hybridized carbons (Fsp3) is 0.316. The number of aryl methyl sites for hydroxylation is 2. The lowest BCUT2D eigenvalue weighted by molar-refractivity contribution is -0.122. The molecule has 1 atom stereocenters. The van der Waals surface area contributed by atoms with E-state index in [2.05, 4.69) is 5.32 Å².